The predicted octanol–water partition coefficient (Wildman–Crippen LogP) is 6.22. The van der Waals surface area contributed by atoms with Crippen LogP contribution < -0.4 is 0 Å². The molecule has 0 atom stereocenters. The molecule has 12 heteroatoms. The van der Waals surface area contributed by atoms with E-state index in [1.807, 2.05) is 32.9 Å². The van der Waals surface area contributed by atoms with Crippen molar-refractivity contribution in [3.63, 3.8) is 0 Å². The standard InChI is InChI=1S/C27H26ClF3N4O4/c1-26(2,3)39-25(37)34-10-6-17(13-34)16-4-8-33(9-5-16)24(36)21-22(28)35-14-19(18-7-11-38-15-18)12-20(23(35)32-21)27(29,30)31/h4,6-7,11-12,14-15H,5,8-10,13H2,1-3H3. The van der Waals surface area contributed by atoms with Gasteiger partial charge in [0, 0.05) is 43.5 Å². The number of aromatic nitrogens is 2. The third kappa shape index (κ3) is 5.40. The number of carbonyl (C=O) groups is 2. The fourth-order valence-corrected chi connectivity index (χ4v) is 4.85. The fourth-order valence-electron chi connectivity index (χ4n) is 4.60. The van der Waals surface area contributed by atoms with Crippen LogP contribution in [0, 0.1) is 0 Å². The van der Waals surface area contributed by atoms with Crippen molar-refractivity contribution in [3.05, 3.63) is 70.6 Å². The number of alkyl halides is 3. The van der Waals surface area contributed by atoms with Crippen LogP contribution in [0.2, 0.25) is 5.15 Å². The molecule has 2 aliphatic heterocycles. The number of pyridine rings is 1. The van der Waals surface area contributed by atoms with E-state index >= 15 is 0 Å². The van der Waals surface area contributed by atoms with E-state index in [1.54, 1.807) is 4.90 Å². The fraction of sp³-hybridized carbons (Fsp3) is 0.370. The summed E-state index contributed by atoms with van der Waals surface area (Å²) in [6.07, 6.45) is 3.32. The van der Waals surface area contributed by atoms with E-state index in [4.69, 9.17) is 20.8 Å². The normalized spacial score (nSPS) is 16.5. The van der Waals surface area contributed by atoms with Crippen molar-refractivity contribution in [2.24, 2.45) is 0 Å². The molecule has 0 aromatic carbocycles. The molecule has 3 aromatic rings. The van der Waals surface area contributed by atoms with Gasteiger partial charge in [-0.1, -0.05) is 23.8 Å². The summed E-state index contributed by atoms with van der Waals surface area (Å²) in [7, 11) is 0. The Morgan fingerprint density at radius 1 is 1.08 bits per heavy atom. The molecule has 0 saturated heterocycles. The van der Waals surface area contributed by atoms with Crippen molar-refractivity contribution in [1.82, 2.24) is 19.2 Å². The van der Waals surface area contributed by atoms with Gasteiger partial charge in [-0.15, -0.1) is 0 Å². The summed E-state index contributed by atoms with van der Waals surface area (Å²) >= 11 is 6.44. The molecule has 0 radical (unpaired) electrons. The van der Waals surface area contributed by atoms with E-state index in [0.717, 1.165) is 21.6 Å². The first-order valence-electron chi connectivity index (χ1n) is 12.3. The number of amides is 2. The smallest absolute Gasteiger partial charge is 0.420 e. The Labute approximate surface area is 227 Å². The Morgan fingerprint density at radius 2 is 1.79 bits per heavy atom. The molecule has 3 aromatic heterocycles. The molecular formula is C27H26ClF3N4O4. The monoisotopic (exact) mass is 562 g/mol. The molecule has 0 saturated carbocycles. The van der Waals surface area contributed by atoms with Crippen LogP contribution in [0.4, 0.5) is 18.0 Å². The molecule has 0 aliphatic carbocycles. The number of ether oxygens (including phenoxy) is 1. The first-order valence-corrected chi connectivity index (χ1v) is 12.7. The van der Waals surface area contributed by atoms with Gasteiger partial charge in [-0.2, -0.15) is 13.2 Å². The minimum absolute atomic E-state index is 0.202. The zero-order valence-electron chi connectivity index (χ0n) is 21.5. The molecule has 8 nitrogen and oxygen atoms in total. The molecule has 39 heavy (non-hydrogen) atoms. The lowest BCUT2D eigenvalue weighted by Gasteiger charge is -2.27. The Balaban J connectivity index is 1.35. The van der Waals surface area contributed by atoms with Crippen molar-refractivity contribution < 1.29 is 31.9 Å². The van der Waals surface area contributed by atoms with Crippen molar-refractivity contribution in [3.8, 4) is 11.1 Å². The predicted molar refractivity (Wildman–Crippen MR) is 137 cm³/mol. The number of furan rings is 1. The lowest BCUT2D eigenvalue weighted by Crippen LogP contribution is -2.37. The molecule has 0 fully saturated rings. The average Bonchev–Trinajstić information content (AvgIpc) is 3.62. The number of carbonyl (C=O) groups excluding carboxylic acids is 2. The van der Waals surface area contributed by atoms with E-state index in [1.165, 1.54) is 29.7 Å². The van der Waals surface area contributed by atoms with Crippen LogP contribution in [0.5, 0.6) is 0 Å². The summed E-state index contributed by atoms with van der Waals surface area (Å²) in [6, 6.07) is 2.49. The molecule has 2 amide bonds. The molecule has 5 heterocycles. The van der Waals surface area contributed by atoms with E-state index in [2.05, 4.69) is 4.98 Å². The third-order valence-corrected chi connectivity index (χ3v) is 6.87. The number of imidazole rings is 1. The zero-order chi connectivity index (χ0) is 28.1. The second-order valence-electron chi connectivity index (χ2n) is 10.4. The van der Waals surface area contributed by atoms with Gasteiger partial charge in [0.15, 0.2) is 11.3 Å². The van der Waals surface area contributed by atoms with Gasteiger partial charge in [-0.3, -0.25) is 9.20 Å². The van der Waals surface area contributed by atoms with Gasteiger partial charge in [-0.25, -0.2) is 9.78 Å². The summed E-state index contributed by atoms with van der Waals surface area (Å²) in [5, 5.41) is -0.202. The number of hydrogen-bond acceptors (Lipinski definition) is 5. The van der Waals surface area contributed by atoms with Crippen LogP contribution in [0.25, 0.3) is 16.8 Å². The van der Waals surface area contributed by atoms with E-state index in [0.29, 0.717) is 31.6 Å². The van der Waals surface area contributed by atoms with Gasteiger partial charge in [0.1, 0.15) is 10.8 Å². The summed E-state index contributed by atoms with van der Waals surface area (Å²) < 4.78 is 53.3. The lowest BCUT2D eigenvalue weighted by molar-refractivity contribution is -0.136. The Kier molecular flexibility index (Phi) is 6.74. The number of nitrogens with zero attached hydrogens (tertiary/aromatic N) is 4. The molecule has 5 rings (SSSR count). The van der Waals surface area contributed by atoms with Crippen molar-refractivity contribution in [2.75, 3.05) is 26.2 Å². The molecule has 2 aliphatic rings. The van der Waals surface area contributed by atoms with Gasteiger partial charge in [0.25, 0.3) is 5.91 Å². The van der Waals surface area contributed by atoms with Crippen molar-refractivity contribution in [1.29, 1.82) is 0 Å². The maximum absolute atomic E-state index is 13.9. The largest absolute Gasteiger partial charge is 0.472 e. The van der Waals surface area contributed by atoms with Gasteiger partial charge in [0.05, 0.1) is 18.1 Å². The highest BCUT2D eigenvalue weighted by atomic mass is 35.5. The van der Waals surface area contributed by atoms with Gasteiger partial charge in [-0.05, 0) is 50.5 Å². The number of halogens is 4. The molecular weight excluding hydrogens is 537 g/mol. The second-order valence-corrected chi connectivity index (χ2v) is 10.8. The molecule has 0 unspecified atom stereocenters. The molecule has 0 N–H and O–H groups in total. The van der Waals surface area contributed by atoms with Crippen LogP contribution in [0.15, 0.2) is 58.6 Å². The topological polar surface area (TPSA) is 80.3 Å². The van der Waals surface area contributed by atoms with E-state index < -0.39 is 35.0 Å². The summed E-state index contributed by atoms with van der Waals surface area (Å²) in [4.78, 5) is 32.8. The molecule has 0 bridgehead atoms. The number of hydrogen-bond donors (Lipinski definition) is 0. The van der Waals surface area contributed by atoms with Crippen LogP contribution in [0.3, 0.4) is 0 Å². The molecule has 0 spiro atoms. The summed E-state index contributed by atoms with van der Waals surface area (Å²) in [6.45, 7) is 6.82. The highest BCUT2D eigenvalue weighted by Gasteiger charge is 2.37. The maximum Gasteiger partial charge on any atom is 0.420 e. The van der Waals surface area contributed by atoms with E-state index in [9.17, 15) is 22.8 Å². The highest BCUT2D eigenvalue weighted by molar-refractivity contribution is 6.33. The van der Waals surface area contributed by atoms with Gasteiger partial charge < -0.3 is 19.0 Å². The maximum atomic E-state index is 13.9. The highest BCUT2D eigenvalue weighted by Crippen LogP contribution is 2.37. The minimum atomic E-state index is -4.72. The first kappa shape index (κ1) is 26.9. The summed E-state index contributed by atoms with van der Waals surface area (Å²) in [5.41, 5.74) is 0.347. The SMILES string of the molecule is CC(C)(C)OC(=O)N1CC=C(C2=CCN(C(=O)c3nc4c(C(F)(F)F)cc(-c5ccoc5)cn4c3Cl)CC2)C1. The molecule has 206 valence electrons. The minimum Gasteiger partial charge on any atom is -0.472 e. The van der Waals surface area contributed by atoms with Crippen molar-refractivity contribution >= 4 is 29.2 Å². The van der Waals surface area contributed by atoms with Gasteiger partial charge in [0.2, 0.25) is 0 Å². The van der Waals surface area contributed by atoms with E-state index in [-0.39, 0.29) is 23.0 Å². The average molecular weight is 563 g/mol. The van der Waals surface area contributed by atoms with Crippen LogP contribution in [-0.4, -0.2) is 63.0 Å². The van der Waals surface area contributed by atoms with Crippen molar-refractivity contribution in [2.45, 2.75) is 39.0 Å². The Morgan fingerprint density at radius 3 is 2.41 bits per heavy atom. The zero-order valence-corrected chi connectivity index (χ0v) is 22.3. The lowest BCUT2D eigenvalue weighted by atomic mass is 10.00. The summed E-state index contributed by atoms with van der Waals surface area (Å²) in [5.74, 6) is -0.562. The Bertz CT molecular complexity index is 1500. The van der Waals surface area contributed by atoms with Crippen LogP contribution in [0.1, 0.15) is 43.2 Å². The van der Waals surface area contributed by atoms with Gasteiger partial charge >= 0.3 is 12.3 Å². The van der Waals surface area contributed by atoms with Crippen LogP contribution in [-0.2, 0) is 10.9 Å². The third-order valence-electron chi connectivity index (χ3n) is 6.50. The first-order chi connectivity index (χ1) is 18.3. The second kappa shape index (κ2) is 9.78. The quantitative estimate of drug-likeness (QED) is 0.379. The number of rotatable bonds is 3. The number of fused-ring (bicyclic) bond motifs is 1. The Hall–Kier alpha value is -3.73. The van der Waals surface area contributed by atoms with Crippen LogP contribution >= 0.6 is 11.6 Å².